The zero-order valence-corrected chi connectivity index (χ0v) is 52.8. The molecule has 0 saturated carbocycles. The van der Waals surface area contributed by atoms with Gasteiger partial charge in [-0.1, -0.05) is 310 Å². The summed E-state index contributed by atoms with van der Waals surface area (Å²) in [6.45, 7) is 97.2. The lowest BCUT2D eigenvalue weighted by Gasteiger charge is -2.09. The van der Waals surface area contributed by atoms with Crippen molar-refractivity contribution >= 4 is 0 Å². The smallest absolute Gasteiger partial charge is 0.0266 e. The molecule has 0 bridgehead atoms. The van der Waals surface area contributed by atoms with E-state index in [1.54, 1.807) is 0 Å². The quantitative estimate of drug-likeness (QED) is 0.152. The van der Waals surface area contributed by atoms with Crippen LogP contribution in [0.15, 0.2) is 85.1 Å². The lowest BCUT2D eigenvalue weighted by Crippen LogP contribution is -1.95. The summed E-state index contributed by atoms with van der Waals surface area (Å²) in [5, 5.41) is 0. The zero-order valence-electron chi connectivity index (χ0n) is 52.8. The molecule has 0 aliphatic rings. The fourth-order valence-corrected chi connectivity index (χ4v) is 1.77. The molecule has 0 fully saturated rings. The first-order valence-corrected chi connectivity index (χ1v) is 26.7. The van der Waals surface area contributed by atoms with Crippen LogP contribution in [0.2, 0.25) is 0 Å². The van der Waals surface area contributed by atoms with Gasteiger partial charge in [0.2, 0.25) is 0 Å². The number of unbranched alkanes of at least 4 members (excludes halogenated alkanes) is 1. The van der Waals surface area contributed by atoms with E-state index in [0.717, 1.165) is 23.7 Å². The molecular formula is C65H138. The zero-order chi connectivity index (χ0) is 55.3. The summed E-state index contributed by atoms with van der Waals surface area (Å²) in [6.07, 6.45) is 9.68. The number of hydrogen-bond donors (Lipinski definition) is 0. The van der Waals surface area contributed by atoms with Crippen molar-refractivity contribution in [2.75, 3.05) is 0 Å². The average Bonchev–Trinajstić information content (AvgIpc) is 3.13. The first kappa shape index (κ1) is 89.7. The first-order valence-electron chi connectivity index (χ1n) is 26.7. The van der Waals surface area contributed by atoms with Gasteiger partial charge < -0.3 is 0 Å². The molecule has 0 unspecified atom stereocenters. The molecule has 0 nitrogen and oxygen atoms in total. The Hall–Kier alpha value is -1.82. The van der Waals surface area contributed by atoms with Crippen LogP contribution in [0.4, 0.5) is 0 Å². The van der Waals surface area contributed by atoms with Gasteiger partial charge in [-0.05, 0) is 114 Å². The highest BCUT2D eigenvalue weighted by Crippen LogP contribution is 2.15. The molecule has 0 spiro atoms. The molecule has 0 aromatic rings. The van der Waals surface area contributed by atoms with Crippen LogP contribution in [0.25, 0.3) is 0 Å². The monoisotopic (exact) mass is 919 g/mol. The van der Waals surface area contributed by atoms with E-state index in [0.29, 0.717) is 41.4 Å². The molecule has 65 heavy (non-hydrogen) atoms. The van der Waals surface area contributed by atoms with Crippen LogP contribution in [-0.4, -0.2) is 0 Å². The Morgan fingerprint density at radius 1 is 0.277 bits per heavy atom. The van der Waals surface area contributed by atoms with Gasteiger partial charge in [0, 0.05) is 0 Å². The predicted octanol–water partition coefficient (Wildman–Crippen LogP) is 24.9. The lowest BCUT2D eigenvalue weighted by molar-refractivity contribution is 0.438. The molecule has 0 saturated heterocycles. The van der Waals surface area contributed by atoms with E-state index in [4.69, 9.17) is 0 Å². The Balaban J connectivity index is -0.0000000552. The van der Waals surface area contributed by atoms with Crippen LogP contribution in [-0.2, 0) is 0 Å². The highest BCUT2D eigenvalue weighted by atomic mass is 14.1. The summed E-state index contributed by atoms with van der Waals surface area (Å²) in [5.74, 6) is 8.17. The van der Waals surface area contributed by atoms with E-state index < -0.39 is 0 Å². The Morgan fingerprint density at radius 2 is 0.415 bits per heavy atom. The van der Waals surface area contributed by atoms with Crippen molar-refractivity contribution in [1.29, 1.82) is 0 Å². The van der Waals surface area contributed by atoms with Crippen molar-refractivity contribution in [1.82, 2.24) is 0 Å². The van der Waals surface area contributed by atoms with Crippen LogP contribution in [0.3, 0.4) is 0 Å². The Kier molecular flexibility index (Phi) is 91.7. The molecule has 0 heterocycles. The molecular weight excluding hydrogens is 781 g/mol. The van der Waals surface area contributed by atoms with Gasteiger partial charge in [-0.2, -0.15) is 0 Å². The Bertz CT molecular complexity index is 802. The Labute approximate surface area is 421 Å². The van der Waals surface area contributed by atoms with Crippen LogP contribution in [0.1, 0.15) is 273 Å². The minimum absolute atomic E-state index is 0.657. The summed E-state index contributed by atoms with van der Waals surface area (Å²) in [6, 6.07) is 0. The SMILES string of the molecule is C=C(C)C(C)C.C=C(C)C(C)C.C=C(C)C(C)C.C=C(C)C(C)C.C=C(C)C(C)C.C=C(C)C(C)C.C=C(C)C(C)C.CC(C)C.CC(C)C.CCCC(C)C.CCCCC(CC)CC. The second-order valence-electron chi connectivity index (χ2n) is 22.5. The lowest BCUT2D eigenvalue weighted by atomic mass is 9.97. The molecule has 398 valence electrons. The third-order valence-electron chi connectivity index (χ3n) is 9.89. The van der Waals surface area contributed by atoms with Gasteiger partial charge in [0.05, 0.1) is 0 Å². The minimum Gasteiger partial charge on any atom is -0.0999 e. The van der Waals surface area contributed by atoms with Crippen molar-refractivity contribution in [3.63, 3.8) is 0 Å². The molecule has 0 aromatic heterocycles. The van der Waals surface area contributed by atoms with Crippen molar-refractivity contribution in [2.45, 2.75) is 273 Å². The first-order chi connectivity index (χ1) is 29.1. The van der Waals surface area contributed by atoms with Gasteiger partial charge in [0.1, 0.15) is 0 Å². The van der Waals surface area contributed by atoms with Gasteiger partial charge in [0.25, 0.3) is 0 Å². The molecule has 0 aliphatic heterocycles. The summed E-state index contributed by atoms with van der Waals surface area (Å²) < 4.78 is 0. The van der Waals surface area contributed by atoms with Gasteiger partial charge in [0.15, 0.2) is 0 Å². The van der Waals surface area contributed by atoms with Crippen LogP contribution < -0.4 is 0 Å². The molecule has 0 aliphatic carbocycles. The Morgan fingerprint density at radius 3 is 0.462 bits per heavy atom. The van der Waals surface area contributed by atoms with Gasteiger partial charge in [-0.15, -0.1) is 0 Å². The van der Waals surface area contributed by atoms with Crippen LogP contribution >= 0.6 is 0 Å². The van der Waals surface area contributed by atoms with Gasteiger partial charge in [-0.3, -0.25) is 0 Å². The normalized spacial score (nSPS) is 9.54. The van der Waals surface area contributed by atoms with Crippen molar-refractivity contribution in [3.05, 3.63) is 85.1 Å². The standard InChI is InChI=1S/C9H20.7C6H12.C6H14.2C4H10/c1-4-7-8-9(5-2)6-3;7*1-5(2)6(3)4;1-4-5-6(2)3;2*1-4(2)3/h9H,4-8H2,1-3H3;7*6H,1H2,2-4H3;6H,4-5H2,1-3H3;2*4H,1-3H3. The van der Waals surface area contributed by atoms with E-state index in [-0.39, 0.29) is 0 Å². The van der Waals surface area contributed by atoms with Crippen LogP contribution in [0, 0.1) is 65.1 Å². The molecule has 0 rings (SSSR count). The van der Waals surface area contributed by atoms with Crippen molar-refractivity contribution in [3.8, 4) is 0 Å². The van der Waals surface area contributed by atoms with Crippen molar-refractivity contribution < 1.29 is 0 Å². The topological polar surface area (TPSA) is 0 Å². The summed E-state index contributed by atoms with van der Waals surface area (Å²) >= 11 is 0. The number of hydrogen-bond acceptors (Lipinski definition) is 0. The maximum Gasteiger partial charge on any atom is -0.0266 e. The number of rotatable bonds is 14. The highest BCUT2D eigenvalue weighted by molar-refractivity contribution is 4.93. The third kappa shape index (κ3) is 163. The summed E-state index contributed by atoms with van der Waals surface area (Å²) in [5.41, 5.74) is 8.81. The summed E-state index contributed by atoms with van der Waals surface area (Å²) in [4.78, 5) is 0. The van der Waals surface area contributed by atoms with Gasteiger partial charge in [-0.25, -0.2) is 0 Å². The molecule has 0 aromatic carbocycles. The predicted molar refractivity (Wildman–Crippen MR) is 322 cm³/mol. The van der Waals surface area contributed by atoms with E-state index in [1.807, 2.05) is 48.5 Å². The van der Waals surface area contributed by atoms with Crippen molar-refractivity contribution in [2.24, 2.45) is 65.1 Å². The molecule has 0 radical (unpaired) electrons. The van der Waals surface area contributed by atoms with Gasteiger partial charge >= 0.3 is 0 Å². The largest absolute Gasteiger partial charge is 0.0999 e. The molecule has 0 amide bonds. The van der Waals surface area contributed by atoms with E-state index in [9.17, 15) is 0 Å². The average molecular weight is 920 g/mol. The fraction of sp³-hybridized carbons (Fsp3) is 0.785. The minimum atomic E-state index is 0.657. The van der Waals surface area contributed by atoms with E-state index in [1.165, 1.54) is 84.0 Å². The third-order valence-corrected chi connectivity index (χ3v) is 9.89. The van der Waals surface area contributed by atoms with Crippen LogP contribution in [0.5, 0.6) is 0 Å². The summed E-state index contributed by atoms with van der Waals surface area (Å²) in [7, 11) is 0. The van der Waals surface area contributed by atoms with E-state index in [2.05, 4.69) is 226 Å². The molecule has 0 N–H and O–H groups in total. The maximum absolute atomic E-state index is 3.75. The fourth-order valence-electron chi connectivity index (χ4n) is 1.77. The highest BCUT2D eigenvalue weighted by Gasteiger charge is 2.00. The number of allylic oxidation sites excluding steroid dienone is 7. The maximum atomic E-state index is 3.75. The molecule has 0 atom stereocenters. The second kappa shape index (κ2) is 66.5. The second-order valence-corrected chi connectivity index (χ2v) is 22.5. The molecule has 0 heteroatoms. The van der Waals surface area contributed by atoms with E-state index >= 15 is 0 Å².